The Labute approximate surface area is 126 Å². The Bertz CT molecular complexity index is 401. The Hall–Kier alpha value is -0.870. The number of hydrogen-bond acceptors (Lipinski definition) is 3. The molecule has 114 valence electrons. The van der Waals surface area contributed by atoms with Crippen LogP contribution < -0.4 is 5.32 Å². The summed E-state index contributed by atoms with van der Waals surface area (Å²) >= 11 is 1.64. The number of aliphatic hydroxyl groups excluding tert-OH is 1. The highest BCUT2D eigenvalue weighted by molar-refractivity contribution is 7.14. The van der Waals surface area contributed by atoms with E-state index in [0.717, 1.165) is 56.4 Å². The lowest BCUT2D eigenvalue weighted by Gasteiger charge is -2.03. The molecule has 0 aliphatic rings. The molecule has 0 saturated carbocycles. The Balaban J connectivity index is 2.39. The highest BCUT2D eigenvalue weighted by Crippen LogP contribution is 2.24. The number of carbonyl (C=O) groups excluding carboxylic acids is 1. The van der Waals surface area contributed by atoms with Crippen LogP contribution in [-0.2, 0) is 12.8 Å². The monoisotopic (exact) mass is 297 g/mol. The molecule has 0 aromatic carbocycles. The third-order valence-electron chi connectivity index (χ3n) is 3.35. The lowest BCUT2D eigenvalue weighted by Crippen LogP contribution is -2.23. The summed E-state index contributed by atoms with van der Waals surface area (Å²) in [4.78, 5) is 14.3. The second-order valence-electron chi connectivity index (χ2n) is 5.06. The van der Waals surface area contributed by atoms with Crippen LogP contribution in [0.15, 0.2) is 6.07 Å². The lowest BCUT2D eigenvalue weighted by molar-refractivity contribution is 0.0957. The van der Waals surface area contributed by atoms with E-state index in [1.165, 1.54) is 10.4 Å². The molecule has 1 aromatic heterocycles. The summed E-state index contributed by atoms with van der Waals surface area (Å²) in [5, 5.41) is 11.7. The maximum absolute atomic E-state index is 12.1. The van der Waals surface area contributed by atoms with E-state index in [9.17, 15) is 4.79 Å². The smallest absolute Gasteiger partial charge is 0.261 e. The van der Waals surface area contributed by atoms with Crippen molar-refractivity contribution in [2.75, 3.05) is 13.2 Å². The van der Waals surface area contributed by atoms with Gasteiger partial charge in [-0.15, -0.1) is 11.3 Å². The molecule has 20 heavy (non-hydrogen) atoms. The molecule has 0 spiro atoms. The van der Waals surface area contributed by atoms with E-state index in [1.807, 2.05) is 0 Å². The summed E-state index contributed by atoms with van der Waals surface area (Å²) in [5.74, 6) is 0.0641. The summed E-state index contributed by atoms with van der Waals surface area (Å²) in [7, 11) is 0. The predicted molar refractivity (Wildman–Crippen MR) is 85.6 cm³/mol. The maximum Gasteiger partial charge on any atom is 0.261 e. The van der Waals surface area contributed by atoms with E-state index in [2.05, 4.69) is 25.2 Å². The fraction of sp³-hybridized carbons (Fsp3) is 0.688. The van der Waals surface area contributed by atoms with Gasteiger partial charge in [0.25, 0.3) is 5.91 Å². The van der Waals surface area contributed by atoms with E-state index < -0.39 is 0 Å². The summed E-state index contributed by atoms with van der Waals surface area (Å²) in [6.07, 6.45) is 7.14. The Kier molecular flexibility index (Phi) is 8.54. The van der Waals surface area contributed by atoms with Crippen LogP contribution in [0.1, 0.15) is 66.1 Å². The molecule has 0 fully saturated rings. The zero-order valence-electron chi connectivity index (χ0n) is 12.7. The number of rotatable bonds is 10. The Morgan fingerprint density at radius 2 is 2.00 bits per heavy atom. The van der Waals surface area contributed by atoms with E-state index in [1.54, 1.807) is 11.3 Å². The molecule has 1 aromatic rings. The number of nitrogens with one attached hydrogen (secondary N) is 1. The molecule has 0 radical (unpaired) electrons. The van der Waals surface area contributed by atoms with Crippen molar-refractivity contribution in [3.63, 3.8) is 0 Å². The molecule has 1 rings (SSSR count). The van der Waals surface area contributed by atoms with Crippen molar-refractivity contribution in [3.8, 4) is 0 Å². The molecule has 0 aliphatic carbocycles. The molecule has 2 N–H and O–H groups in total. The molecule has 0 unspecified atom stereocenters. The lowest BCUT2D eigenvalue weighted by atomic mass is 10.1. The minimum Gasteiger partial charge on any atom is -0.396 e. The van der Waals surface area contributed by atoms with Gasteiger partial charge in [0.15, 0.2) is 0 Å². The van der Waals surface area contributed by atoms with Gasteiger partial charge in [-0.2, -0.15) is 0 Å². The van der Waals surface area contributed by atoms with Gasteiger partial charge < -0.3 is 10.4 Å². The first-order valence-electron chi connectivity index (χ1n) is 7.73. The second-order valence-corrected chi connectivity index (χ2v) is 6.19. The molecular weight excluding hydrogens is 270 g/mol. The molecule has 0 aliphatic heterocycles. The number of hydrogen-bond donors (Lipinski definition) is 2. The van der Waals surface area contributed by atoms with Crippen LogP contribution in [0.2, 0.25) is 0 Å². The molecule has 3 nitrogen and oxygen atoms in total. The third kappa shape index (κ3) is 5.63. The number of aryl methyl sites for hydroxylation is 2. The number of amides is 1. The zero-order chi connectivity index (χ0) is 14.8. The maximum atomic E-state index is 12.1. The number of unbranched alkanes of at least 4 members (excludes halogenated alkanes) is 3. The topological polar surface area (TPSA) is 49.3 Å². The van der Waals surface area contributed by atoms with E-state index in [-0.39, 0.29) is 12.5 Å². The molecular formula is C16H27NO2S. The van der Waals surface area contributed by atoms with Gasteiger partial charge in [0.2, 0.25) is 0 Å². The third-order valence-corrected chi connectivity index (χ3v) is 4.58. The van der Waals surface area contributed by atoms with Crippen LogP contribution in [0, 0.1) is 0 Å². The largest absolute Gasteiger partial charge is 0.396 e. The van der Waals surface area contributed by atoms with Gasteiger partial charge in [0, 0.05) is 18.0 Å². The van der Waals surface area contributed by atoms with Crippen LogP contribution in [-0.4, -0.2) is 24.2 Å². The minimum absolute atomic E-state index is 0.0641. The molecule has 4 heteroatoms. The molecule has 0 bridgehead atoms. The fourth-order valence-electron chi connectivity index (χ4n) is 2.20. The summed E-state index contributed by atoms with van der Waals surface area (Å²) < 4.78 is 0. The minimum atomic E-state index is 0.0641. The van der Waals surface area contributed by atoms with Gasteiger partial charge >= 0.3 is 0 Å². The van der Waals surface area contributed by atoms with Crippen LogP contribution in [0.3, 0.4) is 0 Å². The number of aliphatic hydroxyl groups is 1. The van der Waals surface area contributed by atoms with Crippen LogP contribution >= 0.6 is 11.3 Å². The highest BCUT2D eigenvalue weighted by Gasteiger charge is 2.12. The predicted octanol–water partition coefficient (Wildman–Crippen LogP) is 3.55. The van der Waals surface area contributed by atoms with E-state index >= 15 is 0 Å². The first kappa shape index (κ1) is 17.2. The summed E-state index contributed by atoms with van der Waals surface area (Å²) in [6, 6.07) is 2.05. The Morgan fingerprint density at radius 1 is 1.25 bits per heavy atom. The van der Waals surface area contributed by atoms with Crippen LogP contribution in [0.4, 0.5) is 0 Å². The van der Waals surface area contributed by atoms with Gasteiger partial charge in [-0.3, -0.25) is 4.79 Å². The first-order valence-corrected chi connectivity index (χ1v) is 8.55. The fourth-order valence-corrected chi connectivity index (χ4v) is 3.47. The summed E-state index contributed by atoms with van der Waals surface area (Å²) in [5.41, 5.74) is 1.32. The van der Waals surface area contributed by atoms with Crippen LogP contribution in [0.5, 0.6) is 0 Å². The molecule has 0 atom stereocenters. The Morgan fingerprint density at radius 3 is 2.65 bits per heavy atom. The van der Waals surface area contributed by atoms with Gasteiger partial charge in [-0.05, 0) is 37.3 Å². The average molecular weight is 297 g/mol. The van der Waals surface area contributed by atoms with Gasteiger partial charge in [-0.1, -0.05) is 33.1 Å². The van der Waals surface area contributed by atoms with E-state index in [0.29, 0.717) is 0 Å². The first-order chi connectivity index (χ1) is 9.72. The van der Waals surface area contributed by atoms with Crippen molar-refractivity contribution in [2.45, 2.75) is 58.8 Å². The van der Waals surface area contributed by atoms with E-state index in [4.69, 9.17) is 5.11 Å². The quantitative estimate of drug-likeness (QED) is 0.649. The SMILES string of the molecule is CCCc1sc(C(=O)NCCCCCCO)cc1CC. The van der Waals surface area contributed by atoms with Gasteiger partial charge in [0.05, 0.1) is 4.88 Å². The van der Waals surface area contributed by atoms with Crippen LogP contribution in [0.25, 0.3) is 0 Å². The average Bonchev–Trinajstić information content (AvgIpc) is 2.86. The standard InChI is InChI=1S/C16H27NO2S/c1-3-9-14-13(4-2)12-15(20-14)16(19)17-10-7-5-6-8-11-18/h12,18H,3-11H2,1-2H3,(H,17,19). The molecule has 0 saturated heterocycles. The van der Waals surface area contributed by atoms with Gasteiger partial charge in [-0.25, -0.2) is 0 Å². The number of carbonyl (C=O) groups is 1. The number of thiophene rings is 1. The second kappa shape index (κ2) is 9.94. The molecule has 1 amide bonds. The van der Waals surface area contributed by atoms with Crippen molar-refractivity contribution in [1.82, 2.24) is 5.32 Å². The normalized spacial score (nSPS) is 10.8. The van der Waals surface area contributed by atoms with Gasteiger partial charge in [0.1, 0.15) is 0 Å². The molecule has 1 heterocycles. The van der Waals surface area contributed by atoms with Crippen molar-refractivity contribution >= 4 is 17.2 Å². The highest BCUT2D eigenvalue weighted by atomic mass is 32.1. The summed E-state index contributed by atoms with van der Waals surface area (Å²) in [6.45, 7) is 5.31. The van der Waals surface area contributed by atoms with Crippen molar-refractivity contribution in [3.05, 3.63) is 21.4 Å². The van der Waals surface area contributed by atoms with Crippen molar-refractivity contribution in [1.29, 1.82) is 0 Å². The zero-order valence-corrected chi connectivity index (χ0v) is 13.5. The van der Waals surface area contributed by atoms with Crippen molar-refractivity contribution < 1.29 is 9.90 Å². The van der Waals surface area contributed by atoms with Crippen molar-refractivity contribution in [2.24, 2.45) is 0 Å².